The Bertz CT molecular complexity index is 4520. The van der Waals surface area contributed by atoms with Crippen molar-refractivity contribution in [3.8, 4) is 56.0 Å². The van der Waals surface area contributed by atoms with Crippen LogP contribution in [0.2, 0.25) is 0 Å². The summed E-state index contributed by atoms with van der Waals surface area (Å²) in [6.07, 6.45) is 0. The van der Waals surface area contributed by atoms with Gasteiger partial charge in [-0.05, 0) is 113 Å². The van der Waals surface area contributed by atoms with Gasteiger partial charge in [0.25, 0.3) is 0 Å². The summed E-state index contributed by atoms with van der Waals surface area (Å²) >= 11 is 0. The lowest BCUT2D eigenvalue weighted by Gasteiger charge is -2.39. The minimum atomic E-state index is -2.78. The first kappa shape index (κ1) is 14.7. The highest BCUT2D eigenvalue weighted by Crippen LogP contribution is 2.65. The van der Waals surface area contributed by atoms with Gasteiger partial charge in [0.15, 0.2) is 0 Å². The maximum atomic E-state index is 10.5. The van der Waals surface area contributed by atoms with Crippen LogP contribution in [0.15, 0.2) is 194 Å². The van der Waals surface area contributed by atoms with Crippen LogP contribution in [0.3, 0.4) is 0 Å². The van der Waals surface area contributed by atoms with Gasteiger partial charge in [-0.3, -0.25) is 0 Å². The molecule has 0 N–H and O–H groups in total. The van der Waals surface area contributed by atoms with Gasteiger partial charge >= 0.3 is 0 Å². The first-order valence-corrected chi connectivity index (χ1v) is 17.2. The quantitative estimate of drug-likeness (QED) is 0.164. The highest BCUT2D eigenvalue weighted by atomic mass is 16.5. The van der Waals surface area contributed by atoms with E-state index in [-0.39, 0.29) is 44.2 Å². The maximum absolute atomic E-state index is 10.5. The van der Waals surface area contributed by atoms with Crippen LogP contribution in [0, 0.1) is 0 Å². The van der Waals surface area contributed by atoms with Crippen LogP contribution < -0.4 is 4.74 Å². The van der Waals surface area contributed by atoms with Crippen LogP contribution in [-0.2, 0) is 10.8 Å². The van der Waals surface area contributed by atoms with Crippen molar-refractivity contribution in [2.75, 3.05) is 0 Å². The van der Waals surface area contributed by atoms with Crippen LogP contribution in [0.4, 0.5) is 0 Å². The van der Waals surface area contributed by atoms with Gasteiger partial charge in [-0.1, -0.05) is 169 Å². The number of fused-ring (bicyclic) bond motifs is 21. The Balaban J connectivity index is 1.23. The maximum Gasteiger partial charge on any atom is 0.132 e. The molecule has 0 saturated heterocycles. The molecule has 1 nitrogen and oxygen atoms in total. The van der Waals surface area contributed by atoms with Crippen molar-refractivity contribution in [2.24, 2.45) is 0 Å². The largest absolute Gasteiger partial charge is 0.457 e. The number of ether oxygens (including phenoxy) is 1. The normalized spacial score (nSPS) is 23.1. The molecule has 0 aromatic heterocycles. The summed E-state index contributed by atoms with van der Waals surface area (Å²) in [6.45, 7) is 0. The van der Waals surface area contributed by atoms with E-state index in [0.29, 0.717) is 16.7 Å². The summed E-state index contributed by atoms with van der Waals surface area (Å²) in [4.78, 5) is 0. The van der Waals surface area contributed by atoms with Gasteiger partial charge in [0.2, 0.25) is 0 Å². The first-order chi connectivity index (χ1) is 37.7. The van der Waals surface area contributed by atoms with E-state index in [0.717, 1.165) is 0 Å². The lowest BCUT2D eigenvalue weighted by molar-refractivity contribution is 0.436. The minimum absolute atomic E-state index is 0.0994. The summed E-state index contributed by atoms with van der Waals surface area (Å²) in [5.74, 6) is -1.45. The molecule has 0 amide bonds. The Hall–Kier alpha value is -6.96. The molecule has 1 atom stereocenters. The zero-order valence-electron chi connectivity index (χ0n) is 52.9. The number of para-hydroxylation sites is 1. The molecule has 13 rings (SSSR count). The van der Waals surface area contributed by atoms with Crippen LogP contribution in [0.25, 0.3) is 55.3 Å². The SMILES string of the molecule is [2H]c1c([2H])c([2H])c2c(c1[2H])Oc1c([2H])c([2H])c(-c3ccc4c(c3)C3(c5ccccc5-4)c4c([2H])c([2H])c([2H])c([2H])c4-c4c3c([2H])c([2H])c3c([2H])c([2H])c([2H])c([2H])c43)c([2H])c1C21c2c([2H])c([2H])c([2H])c([2H])c2-c2c([2H])c([2H])c([2H])c([2H])c21. The van der Waals surface area contributed by atoms with E-state index in [4.69, 9.17) is 21.2 Å². The molecule has 1 heterocycles. The number of hydrogen-bond donors (Lipinski definition) is 0. The Morgan fingerprint density at radius 3 is 1.82 bits per heavy atom. The topological polar surface area (TPSA) is 9.23 Å². The van der Waals surface area contributed by atoms with Gasteiger partial charge in [0, 0.05) is 11.1 Å². The lowest BCUT2D eigenvalue weighted by atomic mass is 9.65. The van der Waals surface area contributed by atoms with Crippen molar-refractivity contribution >= 4 is 10.8 Å². The highest BCUT2D eigenvalue weighted by Gasteiger charge is 2.53. The minimum Gasteiger partial charge on any atom is -0.457 e. The summed E-state index contributed by atoms with van der Waals surface area (Å²) < 4.78 is 238. The monoisotopic (exact) mass is 721 g/mol. The van der Waals surface area contributed by atoms with Gasteiger partial charge < -0.3 is 4.74 Å². The number of hydrogen-bond acceptors (Lipinski definition) is 1. The summed E-state index contributed by atoms with van der Waals surface area (Å²) in [7, 11) is 0. The zero-order chi connectivity index (χ0) is 57.6. The standard InChI is InChI=1S/C54H32O/c1-2-14-36-33(13-1)26-29-47-52(36)41-18-6-10-22-45(41)54(47)44-21-9-5-17-39(44)40-28-25-34(31-48(40)54)35-27-30-51-49(32-35)53(46-23-11-12-24-50(46)55-51)42-19-7-3-15-37(42)38-16-4-8-20-43(38)53/h1-32H/i1D,2D,3D,4D,6D,7D,8D,10D,11D,12D,13D,14D,15D,16D,18D,19D,20D,22D,23D,24D,26D,27D,29D,30D,32D. The third-order valence-corrected chi connectivity index (χ3v) is 11.3. The molecule has 0 bridgehead atoms. The molecule has 0 radical (unpaired) electrons. The lowest BCUT2D eigenvalue weighted by Crippen LogP contribution is -2.32. The molecular formula is C54H32O. The van der Waals surface area contributed by atoms with Crippen LogP contribution in [0.1, 0.15) is 78.8 Å². The molecule has 1 aliphatic heterocycles. The second-order valence-corrected chi connectivity index (χ2v) is 13.6. The Morgan fingerprint density at radius 1 is 0.382 bits per heavy atom. The van der Waals surface area contributed by atoms with Crippen molar-refractivity contribution in [3.63, 3.8) is 0 Å². The predicted molar refractivity (Wildman–Crippen MR) is 223 cm³/mol. The van der Waals surface area contributed by atoms with E-state index in [1.807, 2.05) is 0 Å². The third kappa shape index (κ3) is 3.46. The van der Waals surface area contributed by atoms with Crippen LogP contribution in [0.5, 0.6) is 11.5 Å². The van der Waals surface area contributed by atoms with Crippen molar-refractivity contribution < 1.29 is 39.0 Å². The van der Waals surface area contributed by atoms with Crippen molar-refractivity contribution in [1.29, 1.82) is 0 Å². The third-order valence-electron chi connectivity index (χ3n) is 11.3. The molecule has 2 spiro atoms. The number of benzene rings is 9. The average Bonchev–Trinajstić information content (AvgIpc) is 3.31. The summed E-state index contributed by atoms with van der Waals surface area (Å²) in [5, 5.41) is -0.665. The molecule has 9 aromatic carbocycles. The van der Waals surface area contributed by atoms with Crippen molar-refractivity contribution in [2.45, 2.75) is 10.8 Å². The molecule has 55 heavy (non-hydrogen) atoms. The van der Waals surface area contributed by atoms with Gasteiger partial charge in [0.05, 0.1) is 45.1 Å². The zero-order valence-corrected chi connectivity index (χ0v) is 27.9. The molecular weight excluding hydrogens is 665 g/mol. The van der Waals surface area contributed by atoms with E-state index in [2.05, 4.69) is 0 Å². The molecule has 4 aliphatic rings. The molecule has 9 aromatic rings. The van der Waals surface area contributed by atoms with Crippen LogP contribution in [-0.4, -0.2) is 0 Å². The van der Waals surface area contributed by atoms with E-state index in [9.17, 15) is 17.8 Å². The first-order valence-electron chi connectivity index (χ1n) is 29.7. The average molecular weight is 722 g/mol. The predicted octanol–water partition coefficient (Wildman–Crippen LogP) is 13.3. The molecule has 254 valence electrons. The van der Waals surface area contributed by atoms with Gasteiger partial charge in [0.1, 0.15) is 11.5 Å². The van der Waals surface area contributed by atoms with Crippen LogP contribution >= 0.6 is 0 Å². The Kier molecular flexibility index (Phi) is 2.77. The van der Waals surface area contributed by atoms with Crippen molar-refractivity contribution in [3.05, 3.63) is 238 Å². The van der Waals surface area contributed by atoms with Gasteiger partial charge in [-0.2, -0.15) is 0 Å². The fourth-order valence-corrected chi connectivity index (χ4v) is 9.25. The van der Waals surface area contributed by atoms with Gasteiger partial charge in [-0.15, -0.1) is 0 Å². The smallest absolute Gasteiger partial charge is 0.132 e. The Morgan fingerprint density at radius 2 is 1.00 bits per heavy atom. The second-order valence-electron chi connectivity index (χ2n) is 13.6. The highest BCUT2D eigenvalue weighted by molar-refractivity contribution is 6.06. The van der Waals surface area contributed by atoms with Gasteiger partial charge in [-0.25, -0.2) is 0 Å². The summed E-state index contributed by atoms with van der Waals surface area (Å²) in [5.41, 5.74) is -8.13. The van der Waals surface area contributed by atoms with E-state index < -0.39 is 212 Å². The second kappa shape index (κ2) is 10.4. The van der Waals surface area contributed by atoms with Crippen molar-refractivity contribution in [1.82, 2.24) is 0 Å². The summed E-state index contributed by atoms with van der Waals surface area (Å²) in [6, 6.07) is -8.23. The molecule has 0 fully saturated rings. The Labute approximate surface area is 354 Å². The van der Waals surface area contributed by atoms with E-state index in [1.54, 1.807) is 30.3 Å². The molecule has 0 saturated carbocycles. The number of rotatable bonds is 1. The molecule has 1 unspecified atom stereocenters. The fourth-order valence-electron chi connectivity index (χ4n) is 9.25. The molecule has 1 heteroatoms. The fraction of sp³-hybridized carbons (Fsp3) is 0.0370. The molecule has 3 aliphatic carbocycles. The van der Waals surface area contributed by atoms with E-state index >= 15 is 0 Å². The van der Waals surface area contributed by atoms with E-state index in [1.165, 1.54) is 12.1 Å².